The van der Waals surface area contributed by atoms with Crippen LogP contribution in [0.1, 0.15) is 16.3 Å². The summed E-state index contributed by atoms with van der Waals surface area (Å²) in [6.07, 6.45) is 0. The van der Waals surface area contributed by atoms with E-state index < -0.39 is 3.92 Å². The number of esters is 1. The third-order valence-electron chi connectivity index (χ3n) is 1.86. The predicted molar refractivity (Wildman–Crippen MR) is 65.6 cm³/mol. The number of furan rings is 1. The molecule has 6 heteroatoms. The Morgan fingerprint density at radius 2 is 2.25 bits per heavy atom. The van der Waals surface area contributed by atoms with Crippen LogP contribution in [0.4, 0.5) is 0 Å². The van der Waals surface area contributed by atoms with E-state index in [9.17, 15) is 9.59 Å². The topological polar surface area (TPSA) is 68.5 Å². The van der Waals surface area contributed by atoms with Gasteiger partial charge in [-0.15, -0.1) is 0 Å². The first-order chi connectivity index (χ1) is 7.54. The summed E-state index contributed by atoms with van der Waals surface area (Å²) >= 11 is 1.91. The minimum Gasteiger partial charge on any atom is -0.468 e. The van der Waals surface area contributed by atoms with E-state index in [0.29, 0.717) is 5.76 Å². The van der Waals surface area contributed by atoms with E-state index in [1.54, 1.807) is 19.1 Å². The first kappa shape index (κ1) is 13.0. The number of aryl methyl sites for hydroxylation is 1. The van der Waals surface area contributed by atoms with Crippen LogP contribution in [0.15, 0.2) is 16.5 Å². The van der Waals surface area contributed by atoms with Gasteiger partial charge in [-0.25, -0.2) is 0 Å². The molecule has 16 heavy (non-hydrogen) atoms. The van der Waals surface area contributed by atoms with Crippen molar-refractivity contribution in [2.75, 3.05) is 13.7 Å². The molecule has 0 aromatic carbocycles. The fourth-order valence-corrected chi connectivity index (χ4v) is 1.51. The first-order valence-electron chi connectivity index (χ1n) is 4.61. The molecule has 1 aromatic heterocycles. The number of rotatable bonds is 4. The highest BCUT2D eigenvalue weighted by Crippen LogP contribution is 2.06. The predicted octanol–water partition coefficient (Wildman–Crippen LogP) is 1.29. The summed E-state index contributed by atoms with van der Waals surface area (Å²) in [4.78, 5) is 22.6. The van der Waals surface area contributed by atoms with Crippen LogP contribution in [-0.2, 0) is 9.53 Å². The van der Waals surface area contributed by atoms with Crippen LogP contribution < -0.4 is 5.32 Å². The summed E-state index contributed by atoms with van der Waals surface area (Å²) in [6, 6.07) is 3.29. The Labute approximate surface area is 107 Å². The van der Waals surface area contributed by atoms with Crippen molar-refractivity contribution in [3.63, 3.8) is 0 Å². The second kappa shape index (κ2) is 5.88. The minimum absolute atomic E-state index is 0.214. The maximum absolute atomic E-state index is 11.5. The average Bonchev–Trinajstić information content (AvgIpc) is 2.71. The number of ether oxygens (including phenoxy) is 1. The summed E-state index contributed by atoms with van der Waals surface area (Å²) in [5, 5.41) is 2.59. The highest BCUT2D eigenvalue weighted by Gasteiger charge is 2.17. The molecule has 1 atom stereocenters. The van der Waals surface area contributed by atoms with Gasteiger partial charge in [-0.2, -0.15) is 0 Å². The summed E-state index contributed by atoms with van der Waals surface area (Å²) in [7, 11) is 1.31. The number of nitrogens with one attached hydrogen (secondary N) is 1. The molecule has 0 aliphatic carbocycles. The normalized spacial score (nSPS) is 11.9. The molecule has 0 aliphatic heterocycles. The Kier molecular flexibility index (Phi) is 4.78. The highest BCUT2D eigenvalue weighted by molar-refractivity contribution is 14.1. The van der Waals surface area contributed by atoms with Gasteiger partial charge in [-0.3, -0.25) is 9.59 Å². The Balaban J connectivity index is 2.44. The van der Waals surface area contributed by atoms with Crippen molar-refractivity contribution in [1.29, 1.82) is 0 Å². The van der Waals surface area contributed by atoms with Crippen molar-refractivity contribution in [3.8, 4) is 0 Å². The molecule has 0 fully saturated rings. The van der Waals surface area contributed by atoms with Gasteiger partial charge in [-0.1, -0.05) is 22.6 Å². The molecular formula is C10H12INO4. The largest absolute Gasteiger partial charge is 0.468 e. The van der Waals surface area contributed by atoms with Crippen LogP contribution in [0.3, 0.4) is 0 Å². The number of alkyl halides is 1. The lowest BCUT2D eigenvalue weighted by Gasteiger charge is -2.07. The van der Waals surface area contributed by atoms with Gasteiger partial charge >= 0.3 is 5.97 Å². The molecule has 0 saturated heterocycles. The summed E-state index contributed by atoms with van der Waals surface area (Å²) in [5.41, 5.74) is 0. The third-order valence-corrected chi connectivity index (χ3v) is 2.81. The molecule has 1 unspecified atom stereocenters. The zero-order valence-electron chi connectivity index (χ0n) is 8.95. The van der Waals surface area contributed by atoms with E-state index in [-0.39, 0.29) is 24.2 Å². The molecule has 0 aliphatic rings. The Morgan fingerprint density at radius 3 is 2.75 bits per heavy atom. The second-order valence-electron chi connectivity index (χ2n) is 3.11. The molecule has 1 amide bonds. The minimum atomic E-state index is -0.400. The Hall–Kier alpha value is -1.05. The fraction of sp³-hybridized carbons (Fsp3) is 0.400. The van der Waals surface area contributed by atoms with Crippen LogP contribution in [0, 0.1) is 6.92 Å². The molecule has 5 nitrogen and oxygen atoms in total. The van der Waals surface area contributed by atoms with E-state index in [2.05, 4.69) is 10.1 Å². The van der Waals surface area contributed by atoms with E-state index in [1.165, 1.54) is 7.11 Å². The van der Waals surface area contributed by atoms with Crippen molar-refractivity contribution in [1.82, 2.24) is 5.32 Å². The lowest BCUT2D eigenvalue weighted by molar-refractivity contribution is -0.139. The maximum Gasteiger partial charge on any atom is 0.320 e. The molecule has 0 spiro atoms. The van der Waals surface area contributed by atoms with Crippen LogP contribution in [0.2, 0.25) is 0 Å². The summed E-state index contributed by atoms with van der Waals surface area (Å²) in [5.74, 6) is 0.213. The molecule has 1 N–H and O–H groups in total. The lowest BCUT2D eigenvalue weighted by Crippen LogP contribution is -2.33. The number of hydrogen-bond acceptors (Lipinski definition) is 4. The zero-order chi connectivity index (χ0) is 12.1. The van der Waals surface area contributed by atoms with Crippen molar-refractivity contribution >= 4 is 34.5 Å². The molecule has 0 bridgehead atoms. The first-order valence-corrected chi connectivity index (χ1v) is 5.85. The lowest BCUT2D eigenvalue weighted by atomic mass is 10.4. The van der Waals surface area contributed by atoms with Crippen LogP contribution in [-0.4, -0.2) is 29.5 Å². The Bertz CT molecular complexity index is 388. The number of hydrogen-bond donors (Lipinski definition) is 1. The number of methoxy groups -OCH3 is 1. The number of amides is 1. The van der Waals surface area contributed by atoms with Gasteiger partial charge in [0.15, 0.2) is 5.76 Å². The molecule has 1 heterocycles. The van der Waals surface area contributed by atoms with Crippen molar-refractivity contribution < 1.29 is 18.7 Å². The van der Waals surface area contributed by atoms with Crippen LogP contribution in [0.5, 0.6) is 0 Å². The fourth-order valence-electron chi connectivity index (χ4n) is 1.04. The van der Waals surface area contributed by atoms with E-state index >= 15 is 0 Å². The van der Waals surface area contributed by atoms with Crippen LogP contribution in [0.25, 0.3) is 0 Å². The van der Waals surface area contributed by atoms with Gasteiger partial charge < -0.3 is 14.5 Å². The number of carbonyl (C=O) groups excluding carboxylic acids is 2. The van der Waals surface area contributed by atoms with Gasteiger partial charge in [0.2, 0.25) is 0 Å². The molecule has 88 valence electrons. The van der Waals surface area contributed by atoms with Crippen molar-refractivity contribution in [2.24, 2.45) is 0 Å². The third kappa shape index (κ3) is 3.51. The monoisotopic (exact) mass is 337 g/mol. The molecular weight excluding hydrogens is 325 g/mol. The number of carbonyl (C=O) groups is 2. The Morgan fingerprint density at radius 1 is 1.56 bits per heavy atom. The molecule has 1 rings (SSSR count). The highest BCUT2D eigenvalue weighted by atomic mass is 127. The standard InChI is InChI=1S/C10H12INO4/c1-6-3-4-8(16-6)9(13)12-5-7(11)10(14)15-2/h3-4,7H,5H2,1-2H3,(H,12,13). The maximum atomic E-state index is 11.5. The van der Waals surface area contributed by atoms with Gasteiger partial charge in [0, 0.05) is 6.54 Å². The average molecular weight is 337 g/mol. The van der Waals surface area contributed by atoms with Gasteiger partial charge in [0.1, 0.15) is 9.68 Å². The van der Waals surface area contributed by atoms with Gasteiger partial charge in [0.05, 0.1) is 7.11 Å². The van der Waals surface area contributed by atoms with E-state index in [0.717, 1.165) is 0 Å². The van der Waals surface area contributed by atoms with Gasteiger partial charge in [-0.05, 0) is 19.1 Å². The molecule has 0 saturated carbocycles. The van der Waals surface area contributed by atoms with Crippen molar-refractivity contribution in [3.05, 3.63) is 23.7 Å². The summed E-state index contributed by atoms with van der Waals surface area (Å²) in [6.45, 7) is 1.97. The van der Waals surface area contributed by atoms with E-state index in [4.69, 9.17) is 4.42 Å². The molecule has 0 radical (unpaired) electrons. The SMILES string of the molecule is COC(=O)C(I)CNC(=O)c1ccc(C)o1. The number of halogens is 1. The second-order valence-corrected chi connectivity index (χ2v) is 4.61. The quantitative estimate of drug-likeness (QED) is 0.511. The smallest absolute Gasteiger partial charge is 0.320 e. The summed E-state index contributed by atoms with van der Waals surface area (Å²) < 4.78 is 9.27. The molecule has 1 aromatic rings. The zero-order valence-corrected chi connectivity index (χ0v) is 11.1. The van der Waals surface area contributed by atoms with Crippen molar-refractivity contribution in [2.45, 2.75) is 10.8 Å². The van der Waals surface area contributed by atoms with E-state index in [1.807, 2.05) is 22.6 Å². The van der Waals surface area contributed by atoms with Gasteiger partial charge in [0.25, 0.3) is 5.91 Å². The van der Waals surface area contributed by atoms with Crippen LogP contribution >= 0.6 is 22.6 Å².